The number of amides is 1. The second-order valence-electron chi connectivity index (χ2n) is 8.57. The highest BCUT2D eigenvalue weighted by Crippen LogP contribution is 2.31. The van der Waals surface area contributed by atoms with Crippen molar-refractivity contribution in [1.29, 1.82) is 0 Å². The molecule has 1 atom stereocenters. The molecule has 1 aromatic rings. The van der Waals surface area contributed by atoms with Crippen LogP contribution in [-0.4, -0.2) is 73.9 Å². The minimum atomic E-state index is -0.457. The Hall–Kier alpha value is -1.95. The summed E-state index contributed by atoms with van der Waals surface area (Å²) in [6.45, 7) is 10.7. The Kier molecular flexibility index (Phi) is 6.15. The van der Waals surface area contributed by atoms with E-state index in [0.717, 1.165) is 44.0 Å². The average molecular weight is 376 g/mol. The van der Waals surface area contributed by atoms with E-state index in [0.29, 0.717) is 13.1 Å². The lowest BCUT2D eigenvalue weighted by Crippen LogP contribution is -2.50. The summed E-state index contributed by atoms with van der Waals surface area (Å²) in [6, 6.07) is 8.26. The Morgan fingerprint density at radius 1 is 1.07 bits per heavy atom. The zero-order valence-electron chi connectivity index (χ0n) is 17.1. The molecule has 3 rings (SSSR count). The molecule has 0 N–H and O–H groups in total. The van der Waals surface area contributed by atoms with Crippen molar-refractivity contribution in [2.24, 2.45) is 0 Å². The highest BCUT2D eigenvalue weighted by Gasteiger charge is 2.27. The first-order chi connectivity index (χ1) is 12.8. The summed E-state index contributed by atoms with van der Waals surface area (Å²) in [7, 11) is 2.15. The third-order valence-corrected chi connectivity index (χ3v) is 5.01. The minimum Gasteiger partial charge on any atom is -0.487 e. The van der Waals surface area contributed by atoms with Crippen molar-refractivity contribution in [2.75, 3.05) is 51.2 Å². The molecule has 0 spiro atoms. The lowest BCUT2D eigenvalue weighted by Gasteiger charge is -2.38. The van der Waals surface area contributed by atoms with E-state index < -0.39 is 5.60 Å². The van der Waals surface area contributed by atoms with Crippen molar-refractivity contribution < 1.29 is 14.3 Å². The molecule has 0 saturated carbocycles. The molecule has 2 aliphatic heterocycles. The summed E-state index contributed by atoms with van der Waals surface area (Å²) >= 11 is 0. The standard InChI is InChI=1S/C21H33N3O3/c1-21(2,3)27-20(25)24-14-12-23(13-15-24)18-9-5-6-10-19(18)26-17-8-7-11-22(4)16-17/h5-6,9-10,17H,7-8,11-16H2,1-4H3. The summed E-state index contributed by atoms with van der Waals surface area (Å²) < 4.78 is 11.9. The lowest BCUT2D eigenvalue weighted by atomic mass is 10.1. The number of piperazine rings is 1. The normalized spacial score (nSPS) is 21.9. The molecule has 0 aliphatic carbocycles. The Morgan fingerprint density at radius 2 is 1.78 bits per heavy atom. The van der Waals surface area contributed by atoms with Crippen molar-refractivity contribution >= 4 is 11.8 Å². The fourth-order valence-corrected chi connectivity index (χ4v) is 3.67. The number of likely N-dealkylation sites (tertiary alicyclic amines) is 1. The molecule has 1 amide bonds. The van der Waals surface area contributed by atoms with Gasteiger partial charge in [-0.15, -0.1) is 0 Å². The number of para-hydroxylation sites is 2. The van der Waals surface area contributed by atoms with Gasteiger partial charge in [-0.2, -0.15) is 0 Å². The monoisotopic (exact) mass is 375 g/mol. The maximum atomic E-state index is 12.3. The molecular formula is C21H33N3O3. The predicted molar refractivity (Wildman–Crippen MR) is 108 cm³/mol. The summed E-state index contributed by atoms with van der Waals surface area (Å²) in [6.07, 6.45) is 2.30. The SMILES string of the molecule is CN1CCCC(Oc2ccccc2N2CCN(C(=O)OC(C)(C)C)CC2)C1. The summed E-state index contributed by atoms with van der Waals surface area (Å²) in [5.41, 5.74) is 0.663. The highest BCUT2D eigenvalue weighted by atomic mass is 16.6. The van der Waals surface area contributed by atoms with Crippen molar-refractivity contribution in [2.45, 2.75) is 45.3 Å². The molecule has 1 aromatic carbocycles. The van der Waals surface area contributed by atoms with Gasteiger partial charge in [0, 0.05) is 32.7 Å². The van der Waals surface area contributed by atoms with Gasteiger partial charge in [0.2, 0.25) is 0 Å². The first kappa shape index (κ1) is 19.8. The molecule has 6 nitrogen and oxygen atoms in total. The average Bonchev–Trinajstić information content (AvgIpc) is 2.61. The molecule has 150 valence electrons. The van der Waals surface area contributed by atoms with Crippen LogP contribution in [-0.2, 0) is 4.74 Å². The molecule has 0 aromatic heterocycles. The van der Waals surface area contributed by atoms with E-state index in [1.807, 2.05) is 26.8 Å². The minimum absolute atomic E-state index is 0.225. The lowest BCUT2D eigenvalue weighted by molar-refractivity contribution is 0.0240. The number of rotatable bonds is 3. The second kappa shape index (κ2) is 8.38. The van der Waals surface area contributed by atoms with Gasteiger partial charge in [-0.1, -0.05) is 12.1 Å². The Morgan fingerprint density at radius 3 is 2.44 bits per heavy atom. The zero-order valence-corrected chi connectivity index (χ0v) is 17.1. The molecular weight excluding hydrogens is 342 g/mol. The van der Waals surface area contributed by atoms with Gasteiger partial charge in [0.25, 0.3) is 0 Å². The van der Waals surface area contributed by atoms with Crippen LogP contribution < -0.4 is 9.64 Å². The van der Waals surface area contributed by atoms with Crippen LogP contribution in [0.5, 0.6) is 5.75 Å². The van der Waals surface area contributed by atoms with Crippen LogP contribution in [0.2, 0.25) is 0 Å². The Balaban J connectivity index is 1.60. The van der Waals surface area contributed by atoms with E-state index in [9.17, 15) is 4.79 Å². The zero-order chi connectivity index (χ0) is 19.4. The van der Waals surface area contributed by atoms with Crippen LogP contribution in [0.3, 0.4) is 0 Å². The number of carbonyl (C=O) groups excluding carboxylic acids is 1. The van der Waals surface area contributed by atoms with Crippen LogP contribution in [0.4, 0.5) is 10.5 Å². The number of hydrogen-bond acceptors (Lipinski definition) is 5. The van der Waals surface area contributed by atoms with Gasteiger partial charge in [0.15, 0.2) is 0 Å². The molecule has 6 heteroatoms. The second-order valence-corrected chi connectivity index (χ2v) is 8.57. The molecule has 2 heterocycles. The smallest absolute Gasteiger partial charge is 0.410 e. The molecule has 1 unspecified atom stereocenters. The van der Waals surface area contributed by atoms with E-state index in [-0.39, 0.29) is 12.2 Å². The van der Waals surface area contributed by atoms with Crippen LogP contribution >= 0.6 is 0 Å². The number of likely N-dealkylation sites (N-methyl/N-ethyl adjacent to an activating group) is 1. The van der Waals surface area contributed by atoms with Crippen molar-refractivity contribution in [3.63, 3.8) is 0 Å². The van der Waals surface area contributed by atoms with E-state index in [2.05, 4.69) is 35.0 Å². The van der Waals surface area contributed by atoms with Crippen molar-refractivity contribution in [1.82, 2.24) is 9.80 Å². The van der Waals surface area contributed by atoms with Gasteiger partial charge in [-0.25, -0.2) is 4.79 Å². The molecule has 0 radical (unpaired) electrons. The fraction of sp³-hybridized carbons (Fsp3) is 0.667. The fourth-order valence-electron chi connectivity index (χ4n) is 3.67. The topological polar surface area (TPSA) is 45.2 Å². The third kappa shape index (κ3) is 5.51. The molecule has 27 heavy (non-hydrogen) atoms. The molecule has 2 fully saturated rings. The first-order valence-electron chi connectivity index (χ1n) is 9.99. The number of piperidine rings is 1. The van der Waals surface area contributed by atoms with Gasteiger partial charge in [-0.3, -0.25) is 0 Å². The number of nitrogens with zero attached hydrogens (tertiary/aromatic N) is 3. The number of benzene rings is 1. The summed E-state index contributed by atoms with van der Waals surface area (Å²) in [5, 5.41) is 0. The van der Waals surface area contributed by atoms with Crippen molar-refractivity contribution in [3.05, 3.63) is 24.3 Å². The van der Waals surface area contributed by atoms with Crippen LogP contribution in [0.25, 0.3) is 0 Å². The van der Waals surface area contributed by atoms with Crippen LogP contribution in [0.1, 0.15) is 33.6 Å². The molecule has 2 aliphatic rings. The molecule has 2 saturated heterocycles. The van der Waals surface area contributed by atoms with Gasteiger partial charge in [-0.05, 0) is 59.3 Å². The van der Waals surface area contributed by atoms with E-state index in [4.69, 9.17) is 9.47 Å². The van der Waals surface area contributed by atoms with Crippen molar-refractivity contribution in [3.8, 4) is 5.75 Å². The highest BCUT2D eigenvalue weighted by molar-refractivity contribution is 5.69. The van der Waals surface area contributed by atoms with E-state index in [1.165, 1.54) is 6.42 Å². The first-order valence-corrected chi connectivity index (χ1v) is 9.99. The summed E-state index contributed by atoms with van der Waals surface area (Å²) in [4.78, 5) is 18.7. The van der Waals surface area contributed by atoms with Gasteiger partial charge < -0.3 is 24.2 Å². The maximum Gasteiger partial charge on any atom is 0.410 e. The van der Waals surface area contributed by atoms with Crippen LogP contribution in [0.15, 0.2) is 24.3 Å². The Labute approximate surface area is 163 Å². The quantitative estimate of drug-likeness (QED) is 0.812. The van der Waals surface area contributed by atoms with Gasteiger partial charge >= 0.3 is 6.09 Å². The molecule has 0 bridgehead atoms. The largest absolute Gasteiger partial charge is 0.487 e. The number of carbonyl (C=O) groups is 1. The predicted octanol–water partition coefficient (Wildman–Crippen LogP) is 3.22. The van der Waals surface area contributed by atoms with Gasteiger partial charge in [0.05, 0.1) is 5.69 Å². The number of anilines is 1. The van der Waals surface area contributed by atoms with Crippen LogP contribution in [0, 0.1) is 0 Å². The van der Waals surface area contributed by atoms with Gasteiger partial charge in [0.1, 0.15) is 17.5 Å². The summed E-state index contributed by atoms with van der Waals surface area (Å²) in [5.74, 6) is 0.948. The Bertz CT molecular complexity index is 636. The third-order valence-electron chi connectivity index (χ3n) is 5.01. The number of hydrogen-bond donors (Lipinski definition) is 0. The number of ether oxygens (including phenoxy) is 2. The maximum absolute atomic E-state index is 12.3. The van der Waals surface area contributed by atoms with E-state index >= 15 is 0 Å². The van der Waals surface area contributed by atoms with E-state index in [1.54, 1.807) is 4.90 Å².